The van der Waals surface area contributed by atoms with Gasteiger partial charge in [-0.05, 0) is 0 Å². The number of piperazine rings is 1. The zero-order valence-corrected chi connectivity index (χ0v) is 15.1. The Morgan fingerprint density at radius 1 is 1.26 bits per heavy atom. The van der Waals surface area contributed by atoms with Crippen molar-refractivity contribution in [1.82, 2.24) is 14.7 Å². The molecule has 5 heteroatoms. The van der Waals surface area contributed by atoms with Gasteiger partial charge in [0.1, 0.15) is 0 Å². The van der Waals surface area contributed by atoms with Crippen LogP contribution in [0.5, 0.6) is 0 Å². The molecule has 2 aliphatic rings. The van der Waals surface area contributed by atoms with Crippen LogP contribution in [0.15, 0.2) is 17.3 Å². The van der Waals surface area contributed by atoms with Crippen molar-refractivity contribution < 1.29 is 0 Å². The molecule has 0 spiro atoms. The Labute approximate surface area is 126 Å². The van der Waals surface area contributed by atoms with E-state index < -0.39 is 0 Å². The van der Waals surface area contributed by atoms with Gasteiger partial charge in [-0.3, -0.25) is 0 Å². The molecule has 0 amide bonds. The minimum absolute atomic E-state index is 0.295. The minimum atomic E-state index is 0.295. The predicted octanol–water partition coefficient (Wildman–Crippen LogP) is 0.424. The van der Waals surface area contributed by atoms with Crippen LogP contribution >= 0.6 is 0 Å². The summed E-state index contributed by atoms with van der Waals surface area (Å²) in [6.45, 7) is 12.6. The van der Waals surface area contributed by atoms with E-state index in [1.165, 1.54) is 4.62 Å². The van der Waals surface area contributed by atoms with Gasteiger partial charge < -0.3 is 0 Å². The molecule has 2 aliphatic heterocycles. The Morgan fingerprint density at radius 2 is 1.89 bits per heavy atom. The normalized spacial score (nSPS) is 26.7. The number of amidine groups is 1. The van der Waals surface area contributed by atoms with Crippen molar-refractivity contribution in [2.75, 3.05) is 39.8 Å². The van der Waals surface area contributed by atoms with Crippen LogP contribution in [0.1, 0.15) is 20.8 Å². The molecule has 4 nitrogen and oxygen atoms in total. The number of likely N-dealkylation sites (N-methyl/N-ethyl adjacent to an activating group) is 1. The molecule has 0 aromatic rings. The number of nitrogens with zero attached hydrogens (tertiary/aromatic N) is 4. The van der Waals surface area contributed by atoms with Crippen LogP contribution in [-0.2, 0) is 0 Å². The van der Waals surface area contributed by atoms with E-state index in [0.29, 0.717) is 11.6 Å². The van der Waals surface area contributed by atoms with Crippen LogP contribution in [0.25, 0.3) is 0 Å². The topological polar surface area (TPSA) is 22.1 Å². The SMILES string of the molecule is CN1CCN(C2C=CN=C([AsH2])N2CC(C)(C)C)CC1. The average Bonchev–Trinajstić information content (AvgIpc) is 2.31. The summed E-state index contributed by atoms with van der Waals surface area (Å²) in [4.78, 5) is 12.0. The van der Waals surface area contributed by atoms with E-state index in [4.69, 9.17) is 0 Å². The van der Waals surface area contributed by atoms with Gasteiger partial charge in [-0.15, -0.1) is 0 Å². The third kappa shape index (κ3) is 4.07. The van der Waals surface area contributed by atoms with Gasteiger partial charge in [0.2, 0.25) is 0 Å². The molecule has 0 bridgehead atoms. The van der Waals surface area contributed by atoms with E-state index >= 15 is 0 Å². The molecule has 2 atom stereocenters. The fourth-order valence-corrected chi connectivity index (χ4v) is 3.29. The number of rotatable bonds is 2. The van der Waals surface area contributed by atoms with Crippen LogP contribution in [0, 0.1) is 5.41 Å². The second kappa shape index (κ2) is 5.99. The third-order valence-corrected chi connectivity index (χ3v) is 4.64. The van der Waals surface area contributed by atoms with Gasteiger partial charge >= 0.3 is 126 Å². The second-order valence-corrected chi connectivity index (χ2v) is 7.85. The summed E-state index contributed by atoms with van der Waals surface area (Å²) in [5.74, 6) is 0. The fraction of sp³-hybridized carbons (Fsp3) is 0.786. The van der Waals surface area contributed by atoms with Crippen molar-refractivity contribution in [2.45, 2.75) is 26.9 Å². The van der Waals surface area contributed by atoms with Crippen LogP contribution in [0.2, 0.25) is 0 Å². The number of hydrogen-bond acceptors (Lipinski definition) is 4. The van der Waals surface area contributed by atoms with Gasteiger partial charge in [0.25, 0.3) is 0 Å². The summed E-state index contributed by atoms with van der Waals surface area (Å²) in [5.41, 5.74) is 0.295. The van der Waals surface area contributed by atoms with Gasteiger partial charge in [0.05, 0.1) is 0 Å². The summed E-state index contributed by atoms with van der Waals surface area (Å²) in [6.07, 6.45) is 4.63. The first-order valence-corrected chi connectivity index (χ1v) is 8.27. The Bertz CT molecular complexity index is 364. The predicted molar refractivity (Wildman–Crippen MR) is 84.1 cm³/mol. The molecule has 19 heavy (non-hydrogen) atoms. The first-order chi connectivity index (χ1) is 8.87. The Kier molecular flexibility index (Phi) is 4.75. The number of hydrogen-bond donors (Lipinski definition) is 0. The molecular formula is C14H27AsN4. The molecule has 0 N–H and O–H groups in total. The van der Waals surface area contributed by atoms with Gasteiger partial charge in [-0.1, -0.05) is 0 Å². The van der Waals surface area contributed by atoms with Crippen molar-refractivity contribution in [3.8, 4) is 0 Å². The quantitative estimate of drug-likeness (QED) is 0.687. The van der Waals surface area contributed by atoms with E-state index in [9.17, 15) is 0 Å². The van der Waals surface area contributed by atoms with Crippen LogP contribution in [0.3, 0.4) is 0 Å². The van der Waals surface area contributed by atoms with Crippen LogP contribution < -0.4 is 0 Å². The molecule has 2 heterocycles. The van der Waals surface area contributed by atoms with Crippen LogP contribution in [-0.4, -0.2) is 82.1 Å². The van der Waals surface area contributed by atoms with E-state index in [1.807, 2.05) is 6.20 Å². The second-order valence-electron chi connectivity index (χ2n) is 6.77. The van der Waals surface area contributed by atoms with Crippen LogP contribution in [0.4, 0.5) is 0 Å². The van der Waals surface area contributed by atoms with Gasteiger partial charge in [0.15, 0.2) is 0 Å². The Morgan fingerprint density at radius 3 is 2.47 bits per heavy atom. The summed E-state index contributed by atoms with van der Waals surface area (Å²) < 4.78 is 1.20. The monoisotopic (exact) mass is 326 g/mol. The molecule has 2 rings (SSSR count). The summed E-state index contributed by atoms with van der Waals surface area (Å²) in [7, 11) is 2.21. The maximum atomic E-state index is 4.51. The van der Waals surface area contributed by atoms with E-state index in [2.05, 4.69) is 53.6 Å². The van der Waals surface area contributed by atoms with Gasteiger partial charge in [-0.2, -0.15) is 0 Å². The molecule has 0 saturated carbocycles. The molecular weight excluding hydrogens is 299 g/mol. The molecule has 1 saturated heterocycles. The van der Waals surface area contributed by atoms with Crippen molar-refractivity contribution in [2.24, 2.45) is 10.4 Å². The summed E-state index contributed by atoms with van der Waals surface area (Å²) in [6, 6.07) is 0. The van der Waals surface area contributed by atoms with Crippen molar-refractivity contribution >= 4 is 21.5 Å². The Balaban J connectivity index is 2.08. The zero-order chi connectivity index (χ0) is 14.0. The van der Waals surface area contributed by atoms with Crippen molar-refractivity contribution in [3.63, 3.8) is 0 Å². The van der Waals surface area contributed by atoms with Crippen molar-refractivity contribution in [1.29, 1.82) is 0 Å². The third-order valence-electron chi connectivity index (χ3n) is 3.64. The van der Waals surface area contributed by atoms with E-state index in [0.717, 1.165) is 32.7 Å². The first kappa shape index (κ1) is 15.1. The average molecular weight is 326 g/mol. The first-order valence-electron chi connectivity index (χ1n) is 7.06. The summed E-state index contributed by atoms with van der Waals surface area (Å²) in [5, 5.41) is 0. The standard InChI is InChI=1S/C14H27AsN4/c1-14(2,3)11-19-12(5-6-16-13(19)15)18-9-7-17(4)8-10-18/h5-6,12H,7-11,15H2,1-4H3. The molecule has 0 aromatic carbocycles. The molecule has 0 aromatic heterocycles. The summed E-state index contributed by atoms with van der Waals surface area (Å²) >= 11 is 1.63. The van der Waals surface area contributed by atoms with E-state index in [1.54, 1.807) is 16.9 Å². The Hall–Kier alpha value is -0.312. The zero-order valence-electron chi connectivity index (χ0n) is 12.6. The van der Waals surface area contributed by atoms with Gasteiger partial charge in [-0.25, -0.2) is 0 Å². The fourth-order valence-electron chi connectivity index (χ4n) is 2.60. The van der Waals surface area contributed by atoms with Crippen molar-refractivity contribution in [3.05, 3.63) is 12.3 Å². The van der Waals surface area contributed by atoms with Gasteiger partial charge in [0, 0.05) is 0 Å². The maximum absolute atomic E-state index is 4.51. The molecule has 0 radical (unpaired) electrons. The van der Waals surface area contributed by atoms with E-state index in [-0.39, 0.29) is 0 Å². The molecule has 0 aliphatic carbocycles. The molecule has 1 fully saturated rings. The molecule has 2 unspecified atom stereocenters. The molecule has 108 valence electrons. The number of aliphatic imine (C=N–C) groups is 1.